The Morgan fingerprint density at radius 3 is 1.00 bits per heavy atom. The van der Waals surface area contributed by atoms with Crippen molar-refractivity contribution in [3.63, 3.8) is 0 Å². The van der Waals surface area contributed by atoms with Gasteiger partial charge in [-0.2, -0.15) is 0 Å². The fourth-order valence-electron chi connectivity index (χ4n) is 9.70. The van der Waals surface area contributed by atoms with E-state index in [9.17, 15) is 39.6 Å². The number of nitrogens with one attached hydrogen (secondary N) is 2. The first-order valence-electron chi connectivity index (χ1n) is 22.9. The van der Waals surface area contributed by atoms with E-state index in [0.717, 1.165) is 22.3 Å². The van der Waals surface area contributed by atoms with Crippen LogP contribution in [-0.4, -0.2) is 104 Å². The molecule has 2 amide bonds. The molecule has 7 rings (SSSR count). The lowest BCUT2D eigenvalue weighted by atomic mass is 9.92. The van der Waals surface area contributed by atoms with Crippen molar-refractivity contribution in [3.05, 3.63) is 115 Å². The normalized spacial score (nSPS) is 22.0. The fourth-order valence-corrected chi connectivity index (χ4v) is 12.0. The van der Waals surface area contributed by atoms with E-state index < -0.39 is 47.9 Å². The molecule has 366 valence electrons. The highest BCUT2D eigenvalue weighted by molar-refractivity contribution is 8.76. The predicted molar refractivity (Wildman–Crippen MR) is 266 cm³/mol. The number of carbonyl (C=O) groups is 4. The van der Waals surface area contributed by atoms with Crippen molar-refractivity contribution in [2.45, 2.75) is 119 Å². The van der Waals surface area contributed by atoms with Crippen LogP contribution in [0.15, 0.2) is 48.5 Å². The summed E-state index contributed by atoms with van der Waals surface area (Å²) in [5, 5.41) is 54.8. The van der Waals surface area contributed by atoms with Gasteiger partial charge in [0.2, 0.25) is 11.8 Å². The van der Waals surface area contributed by atoms with Crippen LogP contribution >= 0.6 is 21.6 Å². The van der Waals surface area contributed by atoms with Crippen LogP contribution < -0.4 is 10.6 Å². The molecule has 14 nitrogen and oxygen atoms in total. The minimum absolute atomic E-state index is 0.0172. The minimum atomic E-state index is -1.11. The lowest BCUT2D eigenvalue weighted by Gasteiger charge is -2.35. The Bertz CT molecular complexity index is 2260. The second-order valence-corrected chi connectivity index (χ2v) is 21.6. The molecule has 0 unspecified atom stereocenters. The largest absolute Gasteiger partial charge is 0.507 e. The summed E-state index contributed by atoms with van der Waals surface area (Å²) in [7, 11) is 4.90. The monoisotopic (exact) mass is 970 g/mol. The van der Waals surface area contributed by atoms with Crippen molar-refractivity contribution in [1.82, 2.24) is 20.4 Å². The Hall–Kier alpha value is -5.42. The molecule has 0 saturated heterocycles. The zero-order valence-corrected chi connectivity index (χ0v) is 42.3. The molecular formula is C52H66N4O10S2. The number of nitrogens with zero attached hydrogens (tertiary/aromatic N) is 2. The molecule has 10 bridgehead atoms. The molecule has 4 atom stereocenters. The third-order valence-corrected chi connectivity index (χ3v) is 15.1. The molecule has 0 aromatic heterocycles. The van der Waals surface area contributed by atoms with E-state index in [1.54, 1.807) is 0 Å². The van der Waals surface area contributed by atoms with E-state index in [0.29, 0.717) is 44.5 Å². The molecule has 6 N–H and O–H groups in total. The predicted octanol–water partition coefficient (Wildman–Crippen LogP) is 7.00. The molecule has 3 aliphatic rings. The van der Waals surface area contributed by atoms with Gasteiger partial charge >= 0.3 is 11.9 Å². The number of benzene rings is 4. The van der Waals surface area contributed by atoms with E-state index in [1.807, 2.05) is 114 Å². The van der Waals surface area contributed by atoms with Crippen molar-refractivity contribution < 1.29 is 49.1 Å². The van der Waals surface area contributed by atoms with Crippen molar-refractivity contribution in [3.8, 4) is 23.0 Å². The van der Waals surface area contributed by atoms with Gasteiger partial charge in [-0.3, -0.25) is 19.4 Å². The van der Waals surface area contributed by atoms with E-state index in [2.05, 4.69) is 10.6 Å². The van der Waals surface area contributed by atoms with Gasteiger partial charge in [0.1, 0.15) is 35.1 Å². The van der Waals surface area contributed by atoms with Gasteiger partial charge in [0.05, 0.1) is 26.3 Å². The lowest BCUT2D eigenvalue weighted by Crippen LogP contribution is -2.54. The summed E-state index contributed by atoms with van der Waals surface area (Å²) in [6, 6.07) is 10.8. The second kappa shape index (κ2) is 22.3. The molecule has 16 heteroatoms. The number of ether oxygens (including phenoxy) is 2. The molecule has 68 heavy (non-hydrogen) atoms. The maximum Gasteiger partial charge on any atom is 0.329 e. The fraction of sp³-hybridized carbons (Fsp3) is 0.462. The molecule has 0 radical (unpaired) electrons. The van der Waals surface area contributed by atoms with E-state index in [-0.39, 0.29) is 85.4 Å². The van der Waals surface area contributed by atoms with Gasteiger partial charge in [-0.25, -0.2) is 9.59 Å². The lowest BCUT2D eigenvalue weighted by molar-refractivity contribution is -0.145. The molecule has 3 heterocycles. The third kappa shape index (κ3) is 12.1. The number of rotatable bonds is 4. The first-order valence-corrected chi connectivity index (χ1v) is 25.4. The zero-order chi connectivity index (χ0) is 49.7. The average molecular weight is 971 g/mol. The number of aryl methyl sites for hydroxylation is 4. The van der Waals surface area contributed by atoms with Crippen LogP contribution in [0.25, 0.3) is 0 Å². The van der Waals surface area contributed by atoms with Crippen molar-refractivity contribution >= 4 is 45.3 Å². The third-order valence-electron chi connectivity index (χ3n) is 12.6. The van der Waals surface area contributed by atoms with Gasteiger partial charge in [0.25, 0.3) is 0 Å². The van der Waals surface area contributed by atoms with Gasteiger partial charge in [-0.15, -0.1) is 0 Å². The Balaban J connectivity index is 1.67. The number of aromatic hydroxyl groups is 4. The van der Waals surface area contributed by atoms with Crippen LogP contribution in [0.1, 0.15) is 94.5 Å². The molecule has 3 aliphatic heterocycles. The highest BCUT2D eigenvalue weighted by Crippen LogP contribution is 2.38. The van der Waals surface area contributed by atoms with Crippen LogP contribution in [0.5, 0.6) is 23.0 Å². The van der Waals surface area contributed by atoms with Crippen LogP contribution in [0.2, 0.25) is 0 Å². The molecular weight excluding hydrogens is 905 g/mol. The van der Waals surface area contributed by atoms with Gasteiger partial charge in [0.15, 0.2) is 0 Å². The molecule has 0 saturated carbocycles. The van der Waals surface area contributed by atoms with Crippen LogP contribution in [0, 0.1) is 39.5 Å². The summed E-state index contributed by atoms with van der Waals surface area (Å²) >= 11 is 0. The number of phenolic OH excluding ortho intramolecular Hbond substituents is 4. The summed E-state index contributed by atoms with van der Waals surface area (Å²) in [4.78, 5) is 60.1. The summed E-state index contributed by atoms with van der Waals surface area (Å²) < 4.78 is 10.3. The van der Waals surface area contributed by atoms with Gasteiger partial charge in [0, 0.05) is 72.8 Å². The highest BCUT2D eigenvalue weighted by atomic mass is 33.1. The number of fused-ring (bicyclic) bond motifs is 11. The topological polar surface area (TPSA) is 198 Å². The Kier molecular flexibility index (Phi) is 17.1. The van der Waals surface area contributed by atoms with Gasteiger partial charge in [-0.1, -0.05) is 120 Å². The van der Waals surface area contributed by atoms with E-state index in [1.165, 1.54) is 35.8 Å². The first kappa shape index (κ1) is 52.0. The van der Waals surface area contributed by atoms with Crippen LogP contribution in [0.3, 0.4) is 0 Å². The first-order chi connectivity index (χ1) is 32.2. The number of methoxy groups -OCH3 is 2. The maximum atomic E-state index is 14.8. The summed E-state index contributed by atoms with van der Waals surface area (Å²) in [5.74, 6) is -3.04. The zero-order valence-electron chi connectivity index (χ0n) is 40.7. The number of amides is 2. The smallest absolute Gasteiger partial charge is 0.329 e. The number of hydrogen-bond donors (Lipinski definition) is 6. The Labute approximate surface area is 407 Å². The van der Waals surface area contributed by atoms with E-state index >= 15 is 0 Å². The number of carbonyl (C=O) groups excluding carboxylic acids is 4. The standard InChI is InChI=1S/C52H66N4O10S2/c1-27(2)43-49(61)53-41(51(63)65-9)25-67-68-26-42(52(64)66-10)54-50(62)44(28(3)4)56-23-39-17-31(7)13-35(47(39)59)19-33-11-29(5)15-37(45(33)57)21-55(43)22-38-16-30(6)12-34(46(38)58)20-36-14-32(8)18-40(24-56)48(36)60/h11-18,27-28,41-44,57-60H,19-26H2,1-10H3,(H,53,61)(H,54,62)/t41-,42-,43-,44+/m1/s1. The summed E-state index contributed by atoms with van der Waals surface area (Å²) in [6.07, 6.45) is 0.258. The minimum Gasteiger partial charge on any atom is -0.507 e. The number of esters is 2. The maximum absolute atomic E-state index is 14.8. The average Bonchev–Trinajstić information content (AvgIpc) is 3.26. The SMILES string of the molecule is COC(=O)[C@H]1CSSC[C@H](C(=O)OC)NC(=O)[C@@H](C(C)C)N2Cc3cc(C)cc(c3O)Cc3cc(C)cc(c3O)CN(Cc3cc(C)cc(c3O)Cc3cc(C)cc(c3O)C2)[C@@H](C(C)C)C(=O)N1. The van der Waals surface area contributed by atoms with Gasteiger partial charge in [-0.05, 0) is 61.8 Å². The van der Waals surface area contributed by atoms with Crippen molar-refractivity contribution in [1.29, 1.82) is 0 Å². The van der Waals surface area contributed by atoms with Crippen LogP contribution in [-0.2, 0) is 67.7 Å². The van der Waals surface area contributed by atoms with Crippen LogP contribution in [0.4, 0.5) is 0 Å². The molecule has 4 aromatic rings. The highest BCUT2D eigenvalue weighted by Gasteiger charge is 2.37. The summed E-state index contributed by atoms with van der Waals surface area (Å²) in [5.41, 5.74) is 7.51. The number of hydrogen-bond acceptors (Lipinski definition) is 14. The summed E-state index contributed by atoms with van der Waals surface area (Å²) in [6.45, 7) is 15.4. The van der Waals surface area contributed by atoms with Gasteiger partial charge < -0.3 is 40.5 Å². The Morgan fingerprint density at radius 1 is 0.515 bits per heavy atom. The van der Waals surface area contributed by atoms with E-state index in [4.69, 9.17) is 9.47 Å². The quantitative estimate of drug-likeness (QED) is 0.0903. The molecule has 0 spiro atoms. The van der Waals surface area contributed by atoms with Crippen molar-refractivity contribution in [2.75, 3.05) is 25.7 Å². The second-order valence-electron chi connectivity index (χ2n) is 19.0. The Morgan fingerprint density at radius 2 is 0.765 bits per heavy atom. The molecule has 0 fully saturated rings. The molecule has 0 aliphatic carbocycles. The number of phenols is 4. The van der Waals surface area contributed by atoms with Crippen molar-refractivity contribution in [2.24, 2.45) is 11.8 Å². The molecule has 4 aromatic carbocycles.